The summed E-state index contributed by atoms with van der Waals surface area (Å²) < 4.78 is 0. The zero-order chi connectivity index (χ0) is 18.8. The number of amides is 1. The van der Waals surface area contributed by atoms with E-state index in [2.05, 4.69) is 33.5 Å². The van der Waals surface area contributed by atoms with Gasteiger partial charge >= 0.3 is 0 Å². The van der Waals surface area contributed by atoms with Crippen LogP contribution in [0.1, 0.15) is 19.4 Å². The molecule has 27 heavy (non-hydrogen) atoms. The van der Waals surface area contributed by atoms with Gasteiger partial charge in [0.1, 0.15) is 0 Å². The molecule has 1 amide bonds. The summed E-state index contributed by atoms with van der Waals surface area (Å²) in [5, 5.41) is 7.43. The van der Waals surface area contributed by atoms with Gasteiger partial charge < -0.3 is 15.5 Å². The average molecular weight is 508 g/mol. The van der Waals surface area contributed by atoms with E-state index in [1.807, 2.05) is 23.1 Å². The Kier molecular flexibility index (Phi) is 11.7. The van der Waals surface area contributed by atoms with Gasteiger partial charge in [0.05, 0.1) is 6.54 Å². The highest BCUT2D eigenvalue weighted by molar-refractivity contribution is 14.0. The quantitative estimate of drug-likeness (QED) is 0.338. The summed E-state index contributed by atoms with van der Waals surface area (Å²) in [6, 6.07) is 7.94. The van der Waals surface area contributed by atoms with Crippen LogP contribution in [0.3, 0.4) is 0 Å². The number of hydrogen-bond acceptors (Lipinski definition) is 3. The van der Waals surface area contributed by atoms with Crippen LogP contribution in [0.5, 0.6) is 0 Å². The van der Waals surface area contributed by atoms with Crippen molar-refractivity contribution in [1.29, 1.82) is 0 Å². The first-order chi connectivity index (χ1) is 12.6. The number of hydrogen-bond donors (Lipinski definition) is 2. The van der Waals surface area contributed by atoms with Gasteiger partial charge in [-0.05, 0) is 31.0 Å². The van der Waals surface area contributed by atoms with Gasteiger partial charge in [-0.3, -0.25) is 14.7 Å². The summed E-state index contributed by atoms with van der Waals surface area (Å²) in [5.74, 6) is 1.01. The Balaban J connectivity index is 0.00000364. The van der Waals surface area contributed by atoms with Crippen molar-refractivity contribution >= 4 is 47.4 Å². The molecular weight excluding hydrogens is 477 g/mol. The lowest BCUT2D eigenvalue weighted by Crippen LogP contribution is -2.48. The van der Waals surface area contributed by atoms with Crippen molar-refractivity contribution in [1.82, 2.24) is 20.4 Å². The van der Waals surface area contributed by atoms with Crippen LogP contribution in [0, 0.1) is 0 Å². The van der Waals surface area contributed by atoms with Crippen LogP contribution in [0.25, 0.3) is 0 Å². The smallest absolute Gasteiger partial charge is 0.219 e. The molecule has 2 rings (SSSR count). The van der Waals surface area contributed by atoms with E-state index in [1.54, 1.807) is 6.92 Å². The molecule has 1 aliphatic heterocycles. The summed E-state index contributed by atoms with van der Waals surface area (Å²) >= 11 is 6.02. The zero-order valence-corrected chi connectivity index (χ0v) is 19.3. The molecule has 0 bridgehead atoms. The number of halogens is 2. The second-order valence-electron chi connectivity index (χ2n) is 6.42. The summed E-state index contributed by atoms with van der Waals surface area (Å²) in [5.41, 5.74) is 1.21. The van der Waals surface area contributed by atoms with Crippen molar-refractivity contribution in [2.45, 2.75) is 20.3 Å². The molecule has 2 N–H and O–H groups in total. The number of piperazine rings is 1. The molecule has 8 heteroatoms. The number of nitrogens with zero attached hydrogens (tertiary/aromatic N) is 3. The second kappa shape index (κ2) is 13.2. The van der Waals surface area contributed by atoms with Crippen molar-refractivity contribution < 1.29 is 4.79 Å². The van der Waals surface area contributed by atoms with Gasteiger partial charge in [0.25, 0.3) is 0 Å². The molecular formula is C19H31ClIN5O. The Morgan fingerprint density at radius 3 is 2.59 bits per heavy atom. The Hall–Kier alpha value is -1.06. The van der Waals surface area contributed by atoms with Gasteiger partial charge in [0.2, 0.25) is 5.91 Å². The first-order valence-electron chi connectivity index (χ1n) is 9.33. The SMILES string of the molecule is CCNC(=NCCN1CCN(C(C)=O)CC1)NCCc1cccc(Cl)c1.I. The molecule has 1 aromatic rings. The van der Waals surface area contributed by atoms with Crippen molar-refractivity contribution in [2.75, 3.05) is 52.4 Å². The van der Waals surface area contributed by atoms with Crippen molar-refractivity contribution in [3.8, 4) is 0 Å². The molecule has 0 radical (unpaired) electrons. The van der Waals surface area contributed by atoms with Crippen LogP contribution in [0.4, 0.5) is 0 Å². The van der Waals surface area contributed by atoms with E-state index in [0.29, 0.717) is 0 Å². The zero-order valence-electron chi connectivity index (χ0n) is 16.2. The van der Waals surface area contributed by atoms with Gasteiger partial charge in [0, 0.05) is 57.8 Å². The summed E-state index contributed by atoms with van der Waals surface area (Å²) in [4.78, 5) is 20.3. The van der Waals surface area contributed by atoms with Gasteiger partial charge in [-0.2, -0.15) is 0 Å². The monoisotopic (exact) mass is 507 g/mol. The molecule has 0 spiro atoms. The number of carbonyl (C=O) groups excluding carboxylic acids is 1. The van der Waals surface area contributed by atoms with E-state index >= 15 is 0 Å². The van der Waals surface area contributed by atoms with Crippen LogP contribution >= 0.6 is 35.6 Å². The molecule has 0 aromatic heterocycles. The van der Waals surface area contributed by atoms with Crippen LogP contribution in [0.15, 0.2) is 29.3 Å². The van der Waals surface area contributed by atoms with Crippen LogP contribution in [0.2, 0.25) is 5.02 Å². The highest BCUT2D eigenvalue weighted by atomic mass is 127. The van der Waals surface area contributed by atoms with Crippen molar-refractivity contribution in [2.24, 2.45) is 4.99 Å². The maximum absolute atomic E-state index is 11.4. The number of benzene rings is 1. The first kappa shape index (κ1) is 24.0. The highest BCUT2D eigenvalue weighted by Gasteiger charge is 2.17. The lowest BCUT2D eigenvalue weighted by atomic mass is 10.1. The number of rotatable bonds is 7. The number of aliphatic imine (C=N–C) groups is 1. The van der Waals surface area contributed by atoms with Crippen LogP contribution < -0.4 is 10.6 Å². The summed E-state index contributed by atoms with van der Waals surface area (Å²) in [7, 11) is 0. The van der Waals surface area contributed by atoms with E-state index in [4.69, 9.17) is 11.6 Å². The van der Waals surface area contributed by atoms with E-state index in [-0.39, 0.29) is 29.9 Å². The normalized spacial score (nSPS) is 15.2. The molecule has 6 nitrogen and oxygen atoms in total. The third kappa shape index (κ3) is 9.12. The van der Waals surface area contributed by atoms with E-state index in [9.17, 15) is 4.79 Å². The molecule has 1 aromatic carbocycles. The standard InChI is InChI=1S/C19H30ClN5O.HI/c1-3-21-19(22-8-7-17-5-4-6-18(20)15-17)23-9-10-24-11-13-25(14-12-24)16(2)26;/h4-6,15H,3,7-14H2,1-2H3,(H2,21,22,23);1H. The summed E-state index contributed by atoms with van der Waals surface area (Å²) in [6.45, 7) is 10.5. The fraction of sp³-hybridized carbons (Fsp3) is 0.579. The molecule has 0 unspecified atom stereocenters. The largest absolute Gasteiger partial charge is 0.357 e. The van der Waals surface area contributed by atoms with E-state index in [0.717, 1.165) is 69.8 Å². The maximum atomic E-state index is 11.4. The Morgan fingerprint density at radius 1 is 1.22 bits per heavy atom. The third-order valence-electron chi connectivity index (χ3n) is 4.44. The molecule has 0 saturated carbocycles. The first-order valence-corrected chi connectivity index (χ1v) is 9.70. The molecule has 1 heterocycles. The Morgan fingerprint density at radius 2 is 1.96 bits per heavy atom. The minimum atomic E-state index is 0. The molecule has 0 atom stereocenters. The Labute approximate surface area is 184 Å². The van der Waals surface area contributed by atoms with Crippen LogP contribution in [-0.4, -0.2) is 74.0 Å². The highest BCUT2D eigenvalue weighted by Crippen LogP contribution is 2.10. The second-order valence-corrected chi connectivity index (χ2v) is 6.85. The number of guanidine groups is 1. The fourth-order valence-corrected chi connectivity index (χ4v) is 3.16. The Bertz CT molecular complexity index is 606. The molecule has 1 fully saturated rings. The van der Waals surface area contributed by atoms with Crippen molar-refractivity contribution in [3.63, 3.8) is 0 Å². The van der Waals surface area contributed by atoms with Crippen molar-refractivity contribution in [3.05, 3.63) is 34.9 Å². The van der Waals surface area contributed by atoms with Gasteiger partial charge in [-0.1, -0.05) is 23.7 Å². The third-order valence-corrected chi connectivity index (χ3v) is 4.68. The lowest BCUT2D eigenvalue weighted by molar-refractivity contribution is -0.130. The number of nitrogens with one attached hydrogen (secondary N) is 2. The van der Waals surface area contributed by atoms with E-state index < -0.39 is 0 Å². The average Bonchev–Trinajstić information content (AvgIpc) is 2.62. The topological polar surface area (TPSA) is 60.0 Å². The molecule has 1 aliphatic rings. The predicted octanol–water partition coefficient (Wildman–Crippen LogP) is 2.22. The fourth-order valence-electron chi connectivity index (χ4n) is 2.95. The predicted molar refractivity (Wildman–Crippen MR) is 123 cm³/mol. The van der Waals surface area contributed by atoms with Crippen LogP contribution in [-0.2, 0) is 11.2 Å². The van der Waals surface area contributed by atoms with Gasteiger partial charge in [0.15, 0.2) is 5.96 Å². The number of carbonyl (C=O) groups is 1. The van der Waals surface area contributed by atoms with Gasteiger partial charge in [-0.15, -0.1) is 24.0 Å². The molecule has 0 aliphatic carbocycles. The molecule has 152 valence electrons. The maximum Gasteiger partial charge on any atom is 0.219 e. The minimum Gasteiger partial charge on any atom is -0.357 e. The summed E-state index contributed by atoms with van der Waals surface area (Å²) in [6.07, 6.45) is 0.901. The van der Waals surface area contributed by atoms with Gasteiger partial charge in [-0.25, -0.2) is 0 Å². The minimum absolute atomic E-state index is 0. The molecule has 1 saturated heterocycles. The van der Waals surface area contributed by atoms with E-state index in [1.165, 1.54) is 5.56 Å². The lowest BCUT2D eigenvalue weighted by Gasteiger charge is -2.33.